The smallest absolute Gasteiger partial charge is 0.213 e. The summed E-state index contributed by atoms with van der Waals surface area (Å²) in [5, 5.41) is 12.1. The molecule has 0 N–H and O–H groups in total. The topological polar surface area (TPSA) is 58.3 Å². The molecule has 0 bridgehead atoms. The molecule has 2 aromatic carbocycles. The van der Waals surface area contributed by atoms with E-state index >= 15 is 0 Å². The quantitative estimate of drug-likeness (QED) is 0.315. The number of ether oxygens (including phenoxy) is 2. The second kappa shape index (κ2) is 10.4. The zero-order chi connectivity index (χ0) is 18.7. The summed E-state index contributed by atoms with van der Waals surface area (Å²) < 4.78 is 12.2. The Morgan fingerprint density at radius 2 is 1.33 bits per heavy atom. The highest BCUT2D eigenvalue weighted by Gasteiger charge is 2.08. The molecule has 27 heavy (non-hydrogen) atoms. The highest BCUT2D eigenvalue weighted by atomic mass is 16.5. The molecular weight excluding hydrogens is 340 g/mol. The molecule has 0 amide bonds. The lowest BCUT2D eigenvalue weighted by molar-refractivity contribution is -0.615. The van der Waals surface area contributed by atoms with Gasteiger partial charge in [-0.1, -0.05) is 60.7 Å². The number of benzene rings is 2. The van der Waals surface area contributed by atoms with Crippen LogP contribution in [-0.4, -0.2) is 18.2 Å². The van der Waals surface area contributed by atoms with Crippen molar-refractivity contribution in [2.24, 2.45) is 0 Å². The lowest BCUT2D eigenvalue weighted by Gasteiger charge is -2.08. The van der Waals surface area contributed by atoms with Crippen LogP contribution in [0.2, 0.25) is 0 Å². The number of rotatable bonds is 10. The van der Waals surface area contributed by atoms with E-state index in [2.05, 4.69) is 4.98 Å². The molecule has 0 saturated carbocycles. The molecule has 140 valence electrons. The Balaban J connectivity index is 1.38. The van der Waals surface area contributed by atoms with Crippen molar-refractivity contribution in [3.63, 3.8) is 0 Å². The van der Waals surface area contributed by atoms with Crippen molar-refractivity contribution in [2.75, 3.05) is 13.2 Å². The van der Waals surface area contributed by atoms with E-state index in [4.69, 9.17) is 9.47 Å². The first-order valence-electron chi connectivity index (χ1n) is 9.11. The fourth-order valence-corrected chi connectivity index (χ4v) is 2.65. The number of hydrogen-bond acceptors (Lipinski definition) is 4. The summed E-state index contributed by atoms with van der Waals surface area (Å²) >= 11 is 0. The molecule has 0 atom stereocenters. The number of hydrogen-bond donors (Lipinski definition) is 0. The van der Waals surface area contributed by atoms with Crippen LogP contribution < -0.4 is 4.73 Å². The first kappa shape index (κ1) is 19.0. The summed E-state index contributed by atoms with van der Waals surface area (Å²) in [5.41, 5.74) is 3.59. The predicted molar refractivity (Wildman–Crippen MR) is 103 cm³/mol. The molecule has 3 aromatic rings. The van der Waals surface area contributed by atoms with Crippen molar-refractivity contribution in [3.05, 3.63) is 101 Å². The van der Waals surface area contributed by atoms with Gasteiger partial charge >= 0.3 is 0 Å². The number of nitrogens with zero attached hydrogens (tertiary/aromatic N) is 2. The summed E-state index contributed by atoms with van der Waals surface area (Å²) in [6.07, 6.45) is 4.30. The van der Waals surface area contributed by atoms with Crippen LogP contribution in [0.5, 0.6) is 0 Å². The van der Waals surface area contributed by atoms with Gasteiger partial charge in [0.25, 0.3) is 0 Å². The molecule has 0 aliphatic heterocycles. The Hall–Kier alpha value is -2.76. The van der Waals surface area contributed by atoms with E-state index in [1.54, 1.807) is 6.20 Å². The molecule has 5 nitrogen and oxygen atoms in total. The average Bonchev–Trinajstić information content (AvgIpc) is 2.71. The summed E-state index contributed by atoms with van der Waals surface area (Å²) in [6, 6.07) is 20.0. The van der Waals surface area contributed by atoms with E-state index in [-0.39, 0.29) is 0 Å². The molecule has 5 heteroatoms. The normalized spacial score (nSPS) is 10.8. The Labute approximate surface area is 159 Å². The highest BCUT2D eigenvalue weighted by molar-refractivity contribution is 5.14. The van der Waals surface area contributed by atoms with Gasteiger partial charge in [-0.15, -0.1) is 0 Å². The van der Waals surface area contributed by atoms with Gasteiger partial charge in [0.2, 0.25) is 11.9 Å². The van der Waals surface area contributed by atoms with Gasteiger partial charge in [-0.05, 0) is 11.1 Å². The lowest BCUT2D eigenvalue weighted by Crippen LogP contribution is -2.33. The molecule has 0 unspecified atom stereocenters. The van der Waals surface area contributed by atoms with Crippen LogP contribution in [0, 0.1) is 5.21 Å². The molecule has 1 aromatic heterocycles. The van der Waals surface area contributed by atoms with Crippen LogP contribution >= 0.6 is 0 Å². The Morgan fingerprint density at radius 1 is 0.778 bits per heavy atom. The summed E-state index contributed by atoms with van der Waals surface area (Å²) in [7, 11) is 0. The van der Waals surface area contributed by atoms with Crippen LogP contribution in [0.15, 0.2) is 73.1 Å². The molecule has 0 radical (unpaired) electrons. The van der Waals surface area contributed by atoms with Crippen LogP contribution in [0.1, 0.15) is 22.5 Å². The van der Waals surface area contributed by atoms with Gasteiger partial charge in [-0.3, -0.25) is 0 Å². The van der Waals surface area contributed by atoms with E-state index < -0.39 is 0 Å². The van der Waals surface area contributed by atoms with Crippen LogP contribution in [0.4, 0.5) is 0 Å². The van der Waals surface area contributed by atoms with Crippen molar-refractivity contribution in [2.45, 2.75) is 26.1 Å². The zero-order valence-corrected chi connectivity index (χ0v) is 15.3. The van der Waals surface area contributed by atoms with E-state index in [1.807, 2.05) is 60.7 Å². The second-order valence-corrected chi connectivity index (χ2v) is 6.27. The van der Waals surface area contributed by atoms with E-state index in [9.17, 15) is 5.21 Å². The maximum atomic E-state index is 12.1. The number of aromatic nitrogens is 2. The monoisotopic (exact) mass is 364 g/mol. The highest BCUT2D eigenvalue weighted by Crippen LogP contribution is 2.03. The van der Waals surface area contributed by atoms with Gasteiger partial charge < -0.3 is 14.7 Å². The molecule has 0 aliphatic carbocycles. The maximum Gasteiger partial charge on any atom is 0.213 e. The summed E-state index contributed by atoms with van der Waals surface area (Å²) in [6.45, 7) is 2.12. The largest absolute Gasteiger partial charge is 0.618 e. The Morgan fingerprint density at radius 3 is 1.89 bits per heavy atom. The fourth-order valence-electron chi connectivity index (χ4n) is 2.65. The second-order valence-electron chi connectivity index (χ2n) is 6.27. The molecule has 0 fully saturated rings. The first-order chi connectivity index (χ1) is 13.3. The minimum atomic E-state index is 0.484. The van der Waals surface area contributed by atoms with Crippen molar-refractivity contribution in [3.8, 4) is 0 Å². The van der Waals surface area contributed by atoms with Crippen LogP contribution in [0.3, 0.4) is 0 Å². The van der Waals surface area contributed by atoms with Gasteiger partial charge in [0.1, 0.15) is 5.69 Å². The van der Waals surface area contributed by atoms with Gasteiger partial charge in [-0.25, -0.2) is 4.98 Å². The van der Waals surface area contributed by atoms with Gasteiger partial charge in [-0.2, -0.15) is 4.73 Å². The fraction of sp³-hybridized carbons (Fsp3) is 0.273. The molecule has 0 aliphatic rings. The van der Waals surface area contributed by atoms with Crippen molar-refractivity contribution >= 4 is 0 Å². The summed E-state index contributed by atoms with van der Waals surface area (Å²) in [4.78, 5) is 4.36. The molecular formula is C22H24N2O3. The Bertz CT molecular complexity index is 810. The van der Waals surface area contributed by atoms with Crippen molar-refractivity contribution in [1.29, 1.82) is 0 Å². The first-order valence-corrected chi connectivity index (χ1v) is 9.11. The van der Waals surface area contributed by atoms with E-state index in [0.717, 1.165) is 21.6 Å². The third-order valence-electron chi connectivity index (χ3n) is 4.16. The SMILES string of the molecule is [O-][n+]1cc(CCOCc2ccccc2)ncc1CCOCc1ccccc1. The van der Waals surface area contributed by atoms with Crippen LogP contribution in [-0.2, 0) is 35.5 Å². The molecule has 0 spiro atoms. The van der Waals surface area contributed by atoms with Gasteiger partial charge in [0, 0.05) is 6.42 Å². The summed E-state index contributed by atoms with van der Waals surface area (Å²) in [5.74, 6) is 0. The van der Waals surface area contributed by atoms with Crippen molar-refractivity contribution < 1.29 is 14.2 Å². The molecule has 1 heterocycles. The zero-order valence-electron chi connectivity index (χ0n) is 15.3. The van der Waals surface area contributed by atoms with E-state index in [0.29, 0.717) is 45.0 Å². The van der Waals surface area contributed by atoms with Crippen LogP contribution in [0.25, 0.3) is 0 Å². The van der Waals surface area contributed by atoms with Gasteiger partial charge in [0.05, 0.1) is 39.0 Å². The standard InChI is InChI=1S/C22H24N2O3/c25-24-16-21(11-13-26-17-19-7-3-1-4-8-19)23-15-22(24)12-14-27-18-20-9-5-2-6-10-20/h1-10,15-16H,11-14,17-18H2. The third-order valence-corrected chi connectivity index (χ3v) is 4.16. The average molecular weight is 364 g/mol. The predicted octanol–water partition coefficient (Wildman–Crippen LogP) is 3.23. The van der Waals surface area contributed by atoms with Crippen molar-refractivity contribution in [1.82, 2.24) is 4.98 Å². The van der Waals surface area contributed by atoms with Gasteiger partial charge in [0.15, 0.2) is 0 Å². The maximum absolute atomic E-state index is 12.1. The molecule has 3 rings (SSSR count). The molecule has 0 saturated heterocycles. The Kier molecular flexibility index (Phi) is 7.33. The third kappa shape index (κ3) is 6.47. The minimum Gasteiger partial charge on any atom is -0.618 e. The minimum absolute atomic E-state index is 0.484. The lowest BCUT2D eigenvalue weighted by atomic mass is 10.2. The van der Waals surface area contributed by atoms with E-state index in [1.165, 1.54) is 6.20 Å².